The van der Waals surface area contributed by atoms with Crippen LogP contribution >= 0.6 is 0 Å². The standard InChI is InChI=1S/C26H38N6O3S/c1-21-7-8-22(23(19-21)29-13-4-3-5-14-29)20-31-15-6-10-26(31)11-17-30(18-12-26)25(33)32-16-9-24(27-32)28-36(2,34)35/h7-9,16,19H,3-6,10-15,17-18,20H2,1-2H3,(H,27,28). The van der Waals surface area contributed by atoms with Crippen LogP contribution in [0.15, 0.2) is 30.5 Å². The molecule has 36 heavy (non-hydrogen) atoms. The van der Waals surface area contributed by atoms with Crippen molar-refractivity contribution in [1.82, 2.24) is 19.6 Å². The lowest BCUT2D eigenvalue weighted by Crippen LogP contribution is -2.53. The number of piperidine rings is 2. The van der Waals surface area contributed by atoms with E-state index in [0.717, 1.165) is 45.3 Å². The van der Waals surface area contributed by atoms with Crippen molar-refractivity contribution in [3.05, 3.63) is 41.6 Å². The highest BCUT2D eigenvalue weighted by molar-refractivity contribution is 7.92. The third kappa shape index (κ3) is 5.39. The lowest BCUT2D eigenvalue weighted by atomic mass is 9.84. The predicted octanol–water partition coefficient (Wildman–Crippen LogP) is 3.65. The van der Waals surface area contributed by atoms with Crippen molar-refractivity contribution in [2.75, 3.05) is 48.6 Å². The molecule has 3 aliphatic heterocycles. The molecule has 1 aromatic carbocycles. The van der Waals surface area contributed by atoms with Gasteiger partial charge in [-0.25, -0.2) is 13.2 Å². The molecular weight excluding hydrogens is 476 g/mol. The summed E-state index contributed by atoms with van der Waals surface area (Å²) in [5.41, 5.74) is 4.27. The molecule has 0 bridgehead atoms. The van der Waals surface area contributed by atoms with Crippen LogP contribution in [0.5, 0.6) is 0 Å². The monoisotopic (exact) mass is 514 g/mol. The predicted molar refractivity (Wildman–Crippen MR) is 142 cm³/mol. The van der Waals surface area contributed by atoms with Crippen LogP contribution in [0, 0.1) is 6.92 Å². The molecule has 5 rings (SSSR count). The van der Waals surface area contributed by atoms with Gasteiger partial charge in [0, 0.05) is 56.2 Å². The summed E-state index contributed by atoms with van der Waals surface area (Å²) < 4.78 is 26.5. The molecular formula is C26H38N6O3S. The molecule has 3 saturated heterocycles. The number of nitrogens with one attached hydrogen (secondary N) is 1. The first-order valence-corrected chi connectivity index (χ1v) is 15.0. The number of hydrogen-bond donors (Lipinski definition) is 1. The highest BCUT2D eigenvalue weighted by Crippen LogP contribution is 2.40. The van der Waals surface area contributed by atoms with Gasteiger partial charge in [-0.05, 0) is 75.6 Å². The lowest BCUT2D eigenvalue weighted by Gasteiger charge is -2.45. The number of benzene rings is 1. The molecule has 4 heterocycles. The average Bonchev–Trinajstić information content (AvgIpc) is 3.47. The molecule has 1 spiro atoms. The number of likely N-dealkylation sites (tertiary alicyclic amines) is 2. The van der Waals surface area contributed by atoms with Crippen molar-refractivity contribution in [3.8, 4) is 0 Å². The average molecular weight is 515 g/mol. The quantitative estimate of drug-likeness (QED) is 0.655. The molecule has 0 saturated carbocycles. The maximum atomic E-state index is 13.0. The Kier molecular flexibility index (Phi) is 7.00. The maximum Gasteiger partial charge on any atom is 0.344 e. The summed E-state index contributed by atoms with van der Waals surface area (Å²) in [6.07, 6.45) is 10.7. The van der Waals surface area contributed by atoms with Gasteiger partial charge in [0.2, 0.25) is 10.0 Å². The number of rotatable bonds is 5. The number of carbonyl (C=O) groups excluding carboxylic acids is 1. The largest absolute Gasteiger partial charge is 0.371 e. The Labute approximate surface area is 214 Å². The zero-order chi connectivity index (χ0) is 25.3. The minimum Gasteiger partial charge on any atom is -0.371 e. The second kappa shape index (κ2) is 10.0. The number of amides is 1. The molecule has 0 unspecified atom stereocenters. The Balaban J connectivity index is 1.25. The smallest absolute Gasteiger partial charge is 0.344 e. The van der Waals surface area contributed by atoms with Crippen LogP contribution in [0.3, 0.4) is 0 Å². The summed E-state index contributed by atoms with van der Waals surface area (Å²) in [6, 6.07) is 8.22. The Morgan fingerprint density at radius 2 is 1.75 bits per heavy atom. The number of anilines is 2. The first-order chi connectivity index (χ1) is 17.2. The van der Waals surface area contributed by atoms with E-state index in [4.69, 9.17) is 0 Å². The highest BCUT2D eigenvalue weighted by atomic mass is 32.2. The van der Waals surface area contributed by atoms with Gasteiger partial charge in [-0.3, -0.25) is 9.62 Å². The Morgan fingerprint density at radius 3 is 2.47 bits per heavy atom. The number of sulfonamides is 1. The van der Waals surface area contributed by atoms with E-state index in [1.54, 1.807) is 0 Å². The van der Waals surface area contributed by atoms with Crippen molar-refractivity contribution >= 4 is 27.6 Å². The topological polar surface area (TPSA) is 90.8 Å². The van der Waals surface area contributed by atoms with Gasteiger partial charge in [0.15, 0.2) is 5.82 Å². The Bertz CT molecular complexity index is 1200. The summed E-state index contributed by atoms with van der Waals surface area (Å²) in [6.45, 7) is 7.89. The molecule has 0 radical (unpaired) electrons. The summed E-state index contributed by atoms with van der Waals surface area (Å²) in [4.78, 5) is 20.1. The van der Waals surface area contributed by atoms with Crippen LogP contribution in [-0.4, -0.2) is 78.5 Å². The van der Waals surface area contributed by atoms with E-state index < -0.39 is 10.0 Å². The molecule has 1 amide bonds. The third-order valence-corrected chi connectivity index (χ3v) is 8.66. The zero-order valence-electron chi connectivity index (χ0n) is 21.4. The van der Waals surface area contributed by atoms with Gasteiger partial charge in [-0.15, -0.1) is 5.10 Å². The van der Waals surface area contributed by atoms with Gasteiger partial charge in [0.25, 0.3) is 0 Å². The molecule has 1 N–H and O–H groups in total. The second-order valence-electron chi connectivity index (χ2n) is 10.7. The Hall–Kier alpha value is -2.59. The molecule has 3 fully saturated rings. The number of nitrogens with zero attached hydrogens (tertiary/aromatic N) is 5. The van der Waals surface area contributed by atoms with E-state index in [0.29, 0.717) is 13.1 Å². The van der Waals surface area contributed by atoms with Gasteiger partial charge in [0.05, 0.1) is 6.26 Å². The minimum absolute atomic E-state index is 0.133. The van der Waals surface area contributed by atoms with Crippen molar-refractivity contribution in [2.45, 2.75) is 64.0 Å². The first-order valence-electron chi connectivity index (χ1n) is 13.1. The fourth-order valence-corrected chi connectivity index (χ4v) is 6.67. The van der Waals surface area contributed by atoms with Crippen molar-refractivity contribution < 1.29 is 13.2 Å². The van der Waals surface area contributed by atoms with Crippen LogP contribution < -0.4 is 9.62 Å². The molecule has 196 valence electrons. The van der Waals surface area contributed by atoms with E-state index in [-0.39, 0.29) is 17.4 Å². The first kappa shape index (κ1) is 25.1. The zero-order valence-corrected chi connectivity index (χ0v) is 22.3. The van der Waals surface area contributed by atoms with Gasteiger partial charge in [-0.2, -0.15) is 4.68 Å². The number of aromatic nitrogens is 2. The number of aryl methyl sites for hydroxylation is 1. The molecule has 0 atom stereocenters. The molecule has 9 nitrogen and oxygen atoms in total. The summed E-state index contributed by atoms with van der Waals surface area (Å²) in [7, 11) is -3.43. The summed E-state index contributed by atoms with van der Waals surface area (Å²) >= 11 is 0. The van der Waals surface area contributed by atoms with Crippen molar-refractivity contribution in [1.29, 1.82) is 0 Å². The summed E-state index contributed by atoms with van der Waals surface area (Å²) in [5, 5.41) is 4.11. The van der Waals surface area contributed by atoms with E-state index >= 15 is 0 Å². The lowest BCUT2D eigenvalue weighted by molar-refractivity contribution is 0.0585. The molecule has 2 aromatic rings. The second-order valence-corrected chi connectivity index (χ2v) is 12.5. The van der Waals surface area contributed by atoms with Crippen LogP contribution in [0.4, 0.5) is 16.3 Å². The fourth-order valence-electron chi connectivity index (χ4n) is 6.18. The van der Waals surface area contributed by atoms with Crippen LogP contribution in [0.25, 0.3) is 0 Å². The van der Waals surface area contributed by atoms with E-state index in [1.165, 1.54) is 65.9 Å². The summed E-state index contributed by atoms with van der Waals surface area (Å²) in [5.74, 6) is 0.156. The minimum atomic E-state index is -3.43. The number of hydrogen-bond acceptors (Lipinski definition) is 6. The van der Waals surface area contributed by atoms with Gasteiger partial charge in [0.1, 0.15) is 0 Å². The molecule has 1 aromatic heterocycles. The van der Waals surface area contributed by atoms with Crippen molar-refractivity contribution in [2.24, 2.45) is 0 Å². The van der Waals surface area contributed by atoms with Crippen LogP contribution in [-0.2, 0) is 16.6 Å². The maximum absolute atomic E-state index is 13.0. The highest BCUT2D eigenvalue weighted by Gasteiger charge is 2.44. The normalized spacial score (nSPS) is 20.7. The SMILES string of the molecule is Cc1ccc(CN2CCCC23CCN(C(=O)n2ccc(NS(C)(=O)=O)n2)CC3)c(N2CCCCC2)c1. The van der Waals surface area contributed by atoms with E-state index in [1.807, 2.05) is 4.90 Å². The molecule has 10 heteroatoms. The third-order valence-electron chi connectivity index (χ3n) is 8.08. The Morgan fingerprint density at radius 1 is 1.00 bits per heavy atom. The number of carbonyl (C=O) groups is 1. The fraction of sp³-hybridized carbons (Fsp3) is 0.615. The van der Waals surface area contributed by atoms with E-state index in [9.17, 15) is 13.2 Å². The molecule has 0 aliphatic carbocycles. The van der Waals surface area contributed by atoms with Crippen LogP contribution in [0.1, 0.15) is 56.1 Å². The van der Waals surface area contributed by atoms with Crippen molar-refractivity contribution in [3.63, 3.8) is 0 Å². The van der Waals surface area contributed by atoms with Gasteiger partial charge in [-0.1, -0.05) is 12.1 Å². The van der Waals surface area contributed by atoms with Crippen LogP contribution in [0.2, 0.25) is 0 Å². The van der Waals surface area contributed by atoms with Gasteiger partial charge >= 0.3 is 6.03 Å². The van der Waals surface area contributed by atoms with Gasteiger partial charge < -0.3 is 9.80 Å². The molecule has 3 aliphatic rings. The van der Waals surface area contributed by atoms with E-state index in [2.05, 4.69) is 44.7 Å².